The quantitative estimate of drug-likeness (QED) is 0.626. The van der Waals surface area contributed by atoms with Gasteiger partial charge in [-0.3, -0.25) is 8.98 Å². The minimum atomic E-state index is -3.67. The lowest BCUT2D eigenvalue weighted by Crippen LogP contribution is -2.23. The number of carbonyl (C=O) groups is 1. The molecule has 0 amide bonds. The Labute approximate surface area is 123 Å². The number of carbonyl (C=O) groups excluding carboxylic acids is 1. The number of ether oxygens (including phenoxy) is 1. The molecule has 0 unspecified atom stereocenters. The van der Waals surface area contributed by atoms with E-state index >= 15 is 0 Å². The average molecular weight is 308 g/mol. The van der Waals surface area contributed by atoms with Crippen LogP contribution >= 0.6 is 0 Å². The molecule has 0 spiro atoms. The van der Waals surface area contributed by atoms with Crippen molar-refractivity contribution in [1.29, 1.82) is 0 Å². The van der Waals surface area contributed by atoms with Crippen LogP contribution in [-0.4, -0.2) is 33.7 Å². The molecule has 0 radical (unpaired) electrons. The summed E-state index contributed by atoms with van der Waals surface area (Å²) < 4.78 is 32.0. The fourth-order valence-electron chi connectivity index (χ4n) is 2.04. The molecule has 0 saturated carbocycles. The number of rotatable bonds is 5. The van der Waals surface area contributed by atoms with Crippen LogP contribution < -0.4 is 4.74 Å². The van der Waals surface area contributed by atoms with E-state index in [1.165, 1.54) is 6.92 Å². The summed E-state index contributed by atoms with van der Waals surface area (Å²) in [5.74, 6) is 0.355. The van der Waals surface area contributed by atoms with Crippen molar-refractivity contribution in [2.75, 3.05) is 13.4 Å². The summed E-state index contributed by atoms with van der Waals surface area (Å²) in [7, 11) is -2.08. The highest BCUT2D eigenvalue weighted by Crippen LogP contribution is 2.22. The van der Waals surface area contributed by atoms with Gasteiger partial charge in [-0.1, -0.05) is 18.2 Å². The zero-order valence-corrected chi connectivity index (χ0v) is 12.8. The summed E-state index contributed by atoms with van der Waals surface area (Å²) in [5, 5.41) is 1.80. The number of Topliss-reactive ketones (excluding diaryl/α,β-unsaturated/α-hetero) is 1. The first-order valence-corrected chi connectivity index (χ1v) is 8.12. The number of hydrogen-bond donors (Lipinski definition) is 0. The second-order valence-electron chi connectivity index (χ2n) is 4.73. The SMILES string of the molecule is COc1ccc2cc(C(=O)[C@H](C)OS(C)(=O)=O)ccc2c1. The van der Waals surface area contributed by atoms with E-state index < -0.39 is 16.2 Å². The molecule has 0 aliphatic heterocycles. The molecule has 0 aromatic heterocycles. The Bertz CT molecular complexity index is 780. The first-order chi connectivity index (χ1) is 9.80. The van der Waals surface area contributed by atoms with E-state index in [0.717, 1.165) is 22.8 Å². The summed E-state index contributed by atoms with van der Waals surface area (Å²) in [6.45, 7) is 1.42. The molecular formula is C15H16O5S. The van der Waals surface area contributed by atoms with Gasteiger partial charge in [0, 0.05) is 5.56 Å². The topological polar surface area (TPSA) is 69.7 Å². The maximum absolute atomic E-state index is 12.2. The molecule has 0 saturated heterocycles. The number of hydrogen-bond acceptors (Lipinski definition) is 5. The van der Waals surface area contributed by atoms with Crippen molar-refractivity contribution in [2.45, 2.75) is 13.0 Å². The van der Waals surface area contributed by atoms with Crippen molar-refractivity contribution in [3.63, 3.8) is 0 Å². The third-order valence-corrected chi connectivity index (χ3v) is 3.66. The molecule has 6 heteroatoms. The van der Waals surface area contributed by atoms with Crippen LogP contribution in [0.4, 0.5) is 0 Å². The largest absolute Gasteiger partial charge is 0.497 e. The fourth-order valence-corrected chi connectivity index (χ4v) is 2.66. The highest BCUT2D eigenvalue weighted by atomic mass is 32.2. The van der Waals surface area contributed by atoms with Crippen LogP contribution in [0.1, 0.15) is 17.3 Å². The van der Waals surface area contributed by atoms with Crippen LogP contribution in [0.25, 0.3) is 10.8 Å². The van der Waals surface area contributed by atoms with E-state index in [-0.39, 0.29) is 5.78 Å². The van der Waals surface area contributed by atoms with Gasteiger partial charge in [0.15, 0.2) is 5.78 Å². The molecule has 0 N–H and O–H groups in total. The third kappa shape index (κ3) is 3.80. The van der Waals surface area contributed by atoms with Gasteiger partial charge in [0.05, 0.1) is 13.4 Å². The molecule has 2 rings (SSSR count). The monoisotopic (exact) mass is 308 g/mol. The molecule has 2 aromatic rings. The highest BCUT2D eigenvalue weighted by molar-refractivity contribution is 7.86. The van der Waals surface area contributed by atoms with Crippen LogP contribution in [0, 0.1) is 0 Å². The molecule has 0 fully saturated rings. The van der Waals surface area contributed by atoms with Crippen LogP contribution in [0.2, 0.25) is 0 Å². The van der Waals surface area contributed by atoms with Crippen molar-refractivity contribution in [3.05, 3.63) is 42.0 Å². The Hall–Kier alpha value is -1.92. The van der Waals surface area contributed by atoms with Gasteiger partial charge in [0.25, 0.3) is 10.1 Å². The standard InChI is InChI=1S/C15H16O5S/c1-10(20-21(3,17)18)15(16)13-5-4-12-9-14(19-2)7-6-11(12)8-13/h4-10H,1-3H3/t10-/m0/s1. The number of fused-ring (bicyclic) bond motifs is 1. The van der Waals surface area contributed by atoms with Crippen molar-refractivity contribution in [3.8, 4) is 5.75 Å². The van der Waals surface area contributed by atoms with Gasteiger partial charge in [-0.05, 0) is 35.9 Å². The normalized spacial score (nSPS) is 13.1. The Morgan fingerprint density at radius 3 is 2.33 bits per heavy atom. The van der Waals surface area contributed by atoms with E-state index in [9.17, 15) is 13.2 Å². The zero-order chi connectivity index (χ0) is 15.6. The Morgan fingerprint density at radius 1 is 1.10 bits per heavy atom. The molecular weight excluding hydrogens is 292 g/mol. The molecule has 5 nitrogen and oxygen atoms in total. The van der Waals surface area contributed by atoms with Crippen molar-refractivity contribution in [1.82, 2.24) is 0 Å². The minimum absolute atomic E-state index is 0.377. The predicted molar refractivity (Wildman–Crippen MR) is 80.2 cm³/mol. The summed E-state index contributed by atoms with van der Waals surface area (Å²) in [4.78, 5) is 12.2. The van der Waals surface area contributed by atoms with E-state index in [1.54, 1.807) is 31.4 Å². The van der Waals surface area contributed by atoms with Crippen molar-refractivity contribution < 1.29 is 22.1 Å². The third-order valence-electron chi connectivity index (χ3n) is 3.02. The van der Waals surface area contributed by atoms with Gasteiger partial charge in [-0.15, -0.1) is 0 Å². The maximum Gasteiger partial charge on any atom is 0.265 e. The van der Waals surface area contributed by atoms with Crippen LogP contribution in [0.15, 0.2) is 36.4 Å². The van der Waals surface area contributed by atoms with Crippen LogP contribution in [0.5, 0.6) is 5.75 Å². The summed E-state index contributed by atoms with van der Waals surface area (Å²) >= 11 is 0. The first kappa shape index (κ1) is 15.5. The molecule has 0 aliphatic rings. The first-order valence-electron chi connectivity index (χ1n) is 6.30. The van der Waals surface area contributed by atoms with Crippen LogP contribution in [0.3, 0.4) is 0 Å². The van der Waals surface area contributed by atoms with Crippen molar-refractivity contribution in [2.24, 2.45) is 0 Å². The highest BCUT2D eigenvalue weighted by Gasteiger charge is 2.20. The van der Waals surface area contributed by atoms with Crippen LogP contribution in [-0.2, 0) is 14.3 Å². The maximum atomic E-state index is 12.2. The molecule has 112 valence electrons. The van der Waals surface area contributed by atoms with Gasteiger partial charge in [0.2, 0.25) is 0 Å². The van der Waals surface area contributed by atoms with E-state index in [4.69, 9.17) is 8.92 Å². The molecule has 1 atom stereocenters. The molecule has 0 aliphatic carbocycles. The van der Waals surface area contributed by atoms with E-state index in [2.05, 4.69) is 0 Å². The average Bonchev–Trinajstić information content (AvgIpc) is 2.43. The van der Waals surface area contributed by atoms with Gasteiger partial charge in [-0.2, -0.15) is 8.42 Å². The molecule has 2 aromatic carbocycles. The lowest BCUT2D eigenvalue weighted by Gasteiger charge is -2.11. The summed E-state index contributed by atoms with van der Waals surface area (Å²) in [6, 6.07) is 10.6. The van der Waals surface area contributed by atoms with Gasteiger partial charge >= 0.3 is 0 Å². The Morgan fingerprint density at radius 2 is 1.71 bits per heavy atom. The molecule has 0 bridgehead atoms. The van der Waals surface area contributed by atoms with E-state index in [1.807, 2.05) is 12.1 Å². The second-order valence-corrected chi connectivity index (χ2v) is 6.34. The number of benzene rings is 2. The minimum Gasteiger partial charge on any atom is -0.497 e. The molecule has 21 heavy (non-hydrogen) atoms. The number of ketones is 1. The van der Waals surface area contributed by atoms with Crippen molar-refractivity contribution >= 4 is 26.7 Å². The Balaban J connectivity index is 2.32. The van der Waals surface area contributed by atoms with E-state index in [0.29, 0.717) is 5.56 Å². The summed E-state index contributed by atoms with van der Waals surface area (Å²) in [5.41, 5.74) is 0.406. The number of methoxy groups -OCH3 is 1. The zero-order valence-electron chi connectivity index (χ0n) is 12.0. The Kier molecular flexibility index (Phi) is 4.29. The fraction of sp³-hybridized carbons (Fsp3) is 0.267. The lowest BCUT2D eigenvalue weighted by atomic mass is 10.0. The summed E-state index contributed by atoms with van der Waals surface area (Å²) in [6.07, 6.45) is -0.126. The second kappa shape index (κ2) is 5.83. The van der Waals surface area contributed by atoms with Gasteiger partial charge in [0.1, 0.15) is 11.9 Å². The predicted octanol–water partition coefficient (Wildman–Crippen LogP) is 2.40. The van der Waals surface area contributed by atoms with Gasteiger partial charge < -0.3 is 4.74 Å². The lowest BCUT2D eigenvalue weighted by molar-refractivity contribution is 0.0827. The smallest absolute Gasteiger partial charge is 0.265 e. The van der Waals surface area contributed by atoms with Gasteiger partial charge in [-0.25, -0.2) is 0 Å². The molecule has 0 heterocycles.